The maximum absolute atomic E-state index is 13.6. The van der Waals surface area contributed by atoms with Crippen LogP contribution >= 0.6 is 0 Å². The van der Waals surface area contributed by atoms with Crippen LogP contribution in [0.4, 0.5) is 10.1 Å². The van der Waals surface area contributed by atoms with Crippen molar-refractivity contribution < 1.29 is 9.18 Å². The van der Waals surface area contributed by atoms with Crippen LogP contribution in [-0.2, 0) is 6.54 Å². The SMILES string of the molecule is CCn1c(=O)[nH]c(=O)c2c(C(=O)Nc3cc(F)ccc3C)cc(C(C)C)nc21. The van der Waals surface area contributed by atoms with Gasteiger partial charge in [-0.15, -0.1) is 0 Å². The summed E-state index contributed by atoms with van der Waals surface area (Å²) in [6, 6.07) is 5.61. The summed E-state index contributed by atoms with van der Waals surface area (Å²) in [5.41, 5.74) is 0.525. The van der Waals surface area contributed by atoms with Gasteiger partial charge in [-0.2, -0.15) is 0 Å². The third kappa shape index (κ3) is 3.45. The van der Waals surface area contributed by atoms with E-state index in [0.29, 0.717) is 16.9 Å². The Kier molecular flexibility index (Phi) is 5.13. The lowest BCUT2D eigenvalue weighted by Gasteiger charge is -2.14. The van der Waals surface area contributed by atoms with E-state index < -0.39 is 23.0 Å². The van der Waals surface area contributed by atoms with Crippen LogP contribution in [0, 0.1) is 12.7 Å². The third-order valence-electron chi connectivity index (χ3n) is 4.57. The predicted octanol–water partition coefficient (Wildman–Crippen LogP) is 2.93. The molecule has 1 amide bonds. The molecule has 0 fully saturated rings. The number of aromatic nitrogens is 3. The summed E-state index contributed by atoms with van der Waals surface area (Å²) in [4.78, 5) is 44.3. The lowest BCUT2D eigenvalue weighted by molar-refractivity contribution is 0.102. The van der Waals surface area contributed by atoms with E-state index in [-0.39, 0.29) is 29.1 Å². The topological polar surface area (TPSA) is 96.9 Å². The second-order valence-electron chi connectivity index (χ2n) is 6.86. The van der Waals surface area contributed by atoms with Crippen LogP contribution in [0.5, 0.6) is 0 Å². The number of H-pyrrole nitrogens is 1. The van der Waals surface area contributed by atoms with Crippen molar-refractivity contribution in [3.8, 4) is 0 Å². The second kappa shape index (κ2) is 7.38. The molecule has 28 heavy (non-hydrogen) atoms. The number of hydrogen-bond acceptors (Lipinski definition) is 4. The van der Waals surface area contributed by atoms with Crippen LogP contribution < -0.4 is 16.6 Å². The number of benzene rings is 1. The minimum atomic E-state index is -0.686. The molecular weight excluding hydrogens is 363 g/mol. The van der Waals surface area contributed by atoms with E-state index >= 15 is 0 Å². The molecule has 0 saturated heterocycles. The zero-order valence-corrected chi connectivity index (χ0v) is 16.1. The van der Waals surface area contributed by atoms with Crippen LogP contribution in [0.1, 0.15) is 48.3 Å². The molecule has 8 heteroatoms. The van der Waals surface area contributed by atoms with E-state index in [1.165, 1.54) is 22.8 Å². The Labute approximate surface area is 160 Å². The highest BCUT2D eigenvalue weighted by Crippen LogP contribution is 2.22. The van der Waals surface area contributed by atoms with Gasteiger partial charge < -0.3 is 5.32 Å². The van der Waals surface area contributed by atoms with Crippen LogP contribution in [-0.4, -0.2) is 20.4 Å². The predicted molar refractivity (Wildman–Crippen MR) is 105 cm³/mol. The Morgan fingerprint density at radius 2 is 2.00 bits per heavy atom. The normalized spacial score (nSPS) is 11.2. The summed E-state index contributed by atoms with van der Waals surface area (Å²) < 4.78 is 14.9. The van der Waals surface area contributed by atoms with Gasteiger partial charge in [0.15, 0.2) is 5.65 Å². The van der Waals surface area contributed by atoms with Crippen molar-refractivity contribution in [2.24, 2.45) is 0 Å². The molecule has 0 aliphatic rings. The molecule has 2 N–H and O–H groups in total. The first-order valence-corrected chi connectivity index (χ1v) is 8.98. The van der Waals surface area contributed by atoms with Gasteiger partial charge in [-0.25, -0.2) is 14.2 Å². The molecular formula is C20H21FN4O3. The maximum atomic E-state index is 13.6. The zero-order valence-electron chi connectivity index (χ0n) is 16.1. The first kappa shape index (κ1) is 19.5. The van der Waals surface area contributed by atoms with Crippen LogP contribution in [0.25, 0.3) is 11.0 Å². The Balaban J connectivity index is 2.27. The van der Waals surface area contributed by atoms with E-state index in [2.05, 4.69) is 15.3 Å². The van der Waals surface area contributed by atoms with E-state index in [0.717, 1.165) is 0 Å². The van der Waals surface area contributed by atoms with Crippen LogP contribution in [0.3, 0.4) is 0 Å². The van der Waals surface area contributed by atoms with Crippen molar-refractivity contribution in [2.45, 2.75) is 40.2 Å². The van der Waals surface area contributed by atoms with Crippen molar-refractivity contribution in [2.75, 3.05) is 5.32 Å². The van der Waals surface area contributed by atoms with Gasteiger partial charge in [0.2, 0.25) is 0 Å². The van der Waals surface area contributed by atoms with Gasteiger partial charge in [-0.3, -0.25) is 19.1 Å². The molecule has 2 heterocycles. The van der Waals surface area contributed by atoms with Gasteiger partial charge in [0.05, 0.1) is 10.9 Å². The van der Waals surface area contributed by atoms with Gasteiger partial charge >= 0.3 is 5.69 Å². The minimum absolute atomic E-state index is 0.0254. The fraction of sp³-hybridized carbons (Fsp3) is 0.300. The zero-order chi connectivity index (χ0) is 20.6. The number of aromatic amines is 1. The van der Waals surface area contributed by atoms with Crippen molar-refractivity contribution in [1.29, 1.82) is 0 Å². The van der Waals surface area contributed by atoms with E-state index in [9.17, 15) is 18.8 Å². The van der Waals surface area contributed by atoms with Crippen molar-refractivity contribution in [3.63, 3.8) is 0 Å². The molecule has 2 aromatic heterocycles. The summed E-state index contributed by atoms with van der Waals surface area (Å²) in [7, 11) is 0. The number of carbonyl (C=O) groups excluding carboxylic acids is 1. The number of amides is 1. The minimum Gasteiger partial charge on any atom is -0.322 e. The highest BCUT2D eigenvalue weighted by molar-refractivity contribution is 6.12. The van der Waals surface area contributed by atoms with E-state index in [4.69, 9.17) is 0 Å². The number of pyridine rings is 1. The first-order valence-electron chi connectivity index (χ1n) is 8.98. The molecule has 0 atom stereocenters. The Morgan fingerprint density at radius 3 is 2.64 bits per heavy atom. The Hall–Kier alpha value is -3.29. The Morgan fingerprint density at radius 1 is 1.29 bits per heavy atom. The molecule has 0 saturated carbocycles. The van der Waals surface area contributed by atoms with Gasteiger partial charge in [-0.05, 0) is 43.5 Å². The summed E-state index contributed by atoms with van der Waals surface area (Å²) >= 11 is 0. The highest BCUT2D eigenvalue weighted by Gasteiger charge is 2.20. The van der Waals surface area contributed by atoms with Gasteiger partial charge in [0.25, 0.3) is 11.5 Å². The Bertz CT molecular complexity index is 1190. The van der Waals surface area contributed by atoms with Crippen molar-refractivity contribution in [3.05, 3.63) is 67.7 Å². The number of aryl methyl sites for hydroxylation is 2. The third-order valence-corrected chi connectivity index (χ3v) is 4.57. The molecule has 3 rings (SSSR count). The smallest absolute Gasteiger partial charge is 0.322 e. The van der Waals surface area contributed by atoms with Crippen LogP contribution in [0.2, 0.25) is 0 Å². The van der Waals surface area contributed by atoms with Gasteiger partial charge in [-0.1, -0.05) is 19.9 Å². The van der Waals surface area contributed by atoms with Gasteiger partial charge in [0, 0.05) is 17.9 Å². The number of halogens is 1. The monoisotopic (exact) mass is 384 g/mol. The number of fused-ring (bicyclic) bond motifs is 1. The maximum Gasteiger partial charge on any atom is 0.329 e. The molecule has 146 valence electrons. The van der Waals surface area contributed by atoms with Gasteiger partial charge in [0.1, 0.15) is 5.82 Å². The highest BCUT2D eigenvalue weighted by atomic mass is 19.1. The molecule has 0 aliphatic carbocycles. The standard InChI is InChI=1S/C20H21FN4O3/c1-5-25-17-16(19(27)24-20(25)28)13(9-14(22-17)10(2)3)18(26)23-15-8-12(21)7-6-11(15)4/h6-10H,5H2,1-4H3,(H,23,26)(H,24,27,28). The number of nitrogens with one attached hydrogen (secondary N) is 2. The second-order valence-corrected chi connectivity index (χ2v) is 6.86. The molecule has 1 aromatic carbocycles. The lowest BCUT2D eigenvalue weighted by atomic mass is 10.0. The fourth-order valence-corrected chi connectivity index (χ4v) is 2.98. The largest absolute Gasteiger partial charge is 0.329 e. The van der Waals surface area contributed by atoms with E-state index in [1.807, 2.05) is 13.8 Å². The van der Waals surface area contributed by atoms with Crippen molar-refractivity contribution >= 4 is 22.6 Å². The summed E-state index contributed by atoms with van der Waals surface area (Å²) in [5, 5.41) is 2.68. The van der Waals surface area contributed by atoms with E-state index in [1.54, 1.807) is 19.9 Å². The number of nitrogens with zero attached hydrogens (tertiary/aromatic N) is 2. The molecule has 7 nitrogen and oxygen atoms in total. The number of anilines is 1. The molecule has 3 aromatic rings. The average molecular weight is 384 g/mol. The summed E-state index contributed by atoms with van der Waals surface area (Å²) in [6.45, 7) is 7.56. The lowest BCUT2D eigenvalue weighted by Crippen LogP contribution is -2.32. The quantitative estimate of drug-likeness (QED) is 0.723. The summed E-state index contributed by atoms with van der Waals surface area (Å²) in [5.74, 6) is -1.10. The number of carbonyl (C=O) groups is 1. The molecule has 0 unspecified atom stereocenters. The molecule has 0 radical (unpaired) electrons. The average Bonchev–Trinajstić information content (AvgIpc) is 2.63. The number of rotatable bonds is 4. The number of hydrogen-bond donors (Lipinski definition) is 2. The molecule has 0 spiro atoms. The first-order chi connectivity index (χ1) is 13.2. The van der Waals surface area contributed by atoms with Crippen molar-refractivity contribution in [1.82, 2.24) is 14.5 Å². The summed E-state index contributed by atoms with van der Waals surface area (Å²) in [6.07, 6.45) is 0. The fourth-order valence-electron chi connectivity index (χ4n) is 2.98. The molecule has 0 aliphatic heterocycles. The van der Waals surface area contributed by atoms with Crippen LogP contribution in [0.15, 0.2) is 33.9 Å². The molecule has 0 bridgehead atoms.